The van der Waals surface area contributed by atoms with Crippen molar-refractivity contribution in [3.8, 4) is 12.1 Å². The first-order valence-electron chi connectivity index (χ1n) is 3.19. The second-order valence-electron chi connectivity index (χ2n) is 2.49. The third-order valence-corrected chi connectivity index (χ3v) is 1.53. The molecule has 1 aliphatic rings. The Labute approximate surface area is 65.0 Å². The topological polar surface area (TPSA) is 73.6 Å². The van der Waals surface area contributed by atoms with Crippen LogP contribution in [0.2, 0.25) is 0 Å². The highest BCUT2D eigenvalue weighted by Gasteiger charge is 2.24. The van der Waals surface area contributed by atoms with Gasteiger partial charge in [0.25, 0.3) is 0 Å². The van der Waals surface area contributed by atoms with Crippen molar-refractivity contribution in [1.29, 1.82) is 10.5 Å². The van der Waals surface area contributed by atoms with Gasteiger partial charge in [0, 0.05) is 12.0 Å². The fourth-order valence-electron chi connectivity index (χ4n) is 0.923. The van der Waals surface area contributed by atoms with Gasteiger partial charge in [-0.25, -0.2) is 0 Å². The van der Waals surface area contributed by atoms with Crippen molar-refractivity contribution in [3.05, 3.63) is 23.8 Å². The summed E-state index contributed by atoms with van der Waals surface area (Å²) in [5.74, 6) is 0. The van der Waals surface area contributed by atoms with Crippen LogP contribution in [0.5, 0.6) is 0 Å². The van der Waals surface area contributed by atoms with Gasteiger partial charge in [0.15, 0.2) is 0 Å². The maximum absolute atomic E-state index is 8.60. The van der Waals surface area contributed by atoms with Gasteiger partial charge in [-0.3, -0.25) is 0 Å². The first-order chi connectivity index (χ1) is 5.20. The zero-order valence-electron chi connectivity index (χ0n) is 5.91. The van der Waals surface area contributed by atoms with E-state index < -0.39 is 5.54 Å². The Morgan fingerprint density at radius 3 is 2.82 bits per heavy atom. The Morgan fingerprint density at radius 1 is 1.55 bits per heavy atom. The van der Waals surface area contributed by atoms with E-state index in [1.165, 1.54) is 0 Å². The SMILES string of the molecule is N#CC1=CC=CC(N)(C#N)C1. The lowest BCUT2D eigenvalue weighted by molar-refractivity contribution is 0.662. The van der Waals surface area contributed by atoms with Crippen LogP contribution in [-0.2, 0) is 0 Å². The lowest BCUT2D eigenvalue weighted by Crippen LogP contribution is -2.36. The second kappa shape index (κ2) is 2.57. The van der Waals surface area contributed by atoms with Crippen LogP contribution >= 0.6 is 0 Å². The Balaban J connectivity index is 2.89. The van der Waals surface area contributed by atoms with Crippen LogP contribution in [0.1, 0.15) is 6.42 Å². The molecule has 3 nitrogen and oxygen atoms in total. The monoisotopic (exact) mass is 145 g/mol. The fraction of sp³-hybridized carbons (Fsp3) is 0.250. The average Bonchev–Trinajstić information content (AvgIpc) is 2.05. The van der Waals surface area contributed by atoms with Crippen LogP contribution in [0.3, 0.4) is 0 Å². The Morgan fingerprint density at radius 2 is 2.27 bits per heavy atom. The van der Waals surface area contributed by atoms with Crippen molar-refractivity contribution in [2.45, 2.75) is 12.0 Å². The molecule has 0 aliphatic heterocycles. The van der Waals surface area contributed by atoms with Gasteiger partial charge >= 0.3 is 0 Å². The first kappa shape index (κ1) is 7.53. The summed E-state index contributed by atoms with van der Waals surface area (Å²) in [6.07, 6.45) is 5.23. The highest BCUT2D eigenvalue weighted by atomic mass is 14.7. The third kappa shape index (κ3) is 1.46. The van der Waals surface area contributed by atoms with Gasteiger partial charge in [-0.05, 0) is 6.08 Å². The number of allylic oxidation sites excluding steroid dienone is 2. The van der Waals surface area contributed by atoms with Crippen LogP contribution in [-0.4, -0.2) is 5.54 Å². The second-order valence-corrected chi connectivity index (χ2v) is 2.49. The molecule has 0 saturated carbocycles. The number of nitriles is 2. The summed E-state index contributed by atoms with van der Waals surface area (Å²) in [5.41, 5.74) is 5.16. The summed E-state index contributed by atoms with van der Waals surface area (Å²) in [5, 5.41) is 17.1. The fourth-order valence-corrected chi connectivity index (χ4v) is 0.923. The van der Waals surface area contributed by atoms with E-state index in [0.717, 1.165) is 0 Å². The summed E-state index contributed by atoms with van der Waals surface area (Å²) < 4.78 is 0. The largest absolute Gasteiger partial charge is 0.310 e. The Hall–Kier alpha value is -1.58. The molecule has 0 bridgehead atoms. The molecule has 11 heavy (non-hydrogen) atoms. The molecule has 54 valence electrons. The van der Waals surface area contributed by atoms with Gasteiger partial charge in [-0.1, -0.05) is 12.2 Å². The smallest absolute Gasteiger partial charge is 0.127 e. The molecule has 0 aromatic carbocycles. The zero-order chi connectivity index (χ0) is 8.32. The van der Waals surface area contributed by atoms with Crippen molar-refractivity contribution >= 4 is 0 Å². The first-order valence-corrected chi connectivity index (χ1v) is 3.19. The van der Waals surface area contributed by atoms with E-state index in [4.69, 9.17) is 16.3 Å². The molecule has 1 atom stereocenters. The number of nitrogens with zero attached hydrogens (tertiary/aromatic N) is 2. The summed E-state index contributed by atoms with van der Waals surface area (Å²) in [4.78, 5) is 0. The molecule has 0 heterocycles. The normalized spacial score (nSPS) is 28.5. The molecule has 0 fully saturated rings. The van der Waals surface area contributed by atoms with Gasteiger partial charge in [0.05, 0.1) is 12.1 Å². The molecule has 1 rings (SSSR count). The number of nitrogens with two attached hydrogens (primary N) is 1. The predicted molar refractivity (Wildman–Crippen MR) is 40.0 cm³/mol. The molecule has 0 spiro atoms. The van der Waals surface area contributed by atoms with Crippen molar-refractivity contribution in [3.63, 3.8) is 0 Å². The molecule has 3 heteroatoms. The van der Waals surface area contributed by atoms with Gasteiger partial charge in [0.2, 0.25) is 0 Å². The molecule has 2 N–H and O–H groups in total. The third-order valence-electron chi connectivity index (χ3n) is 1.53. The van der Waals surface area contributed by atoms with E-state index in [0.29, 0.717) is 12.0 Å². The van der Waals surface area contributed by atoms with Crippen molar-refractivity contribution in [2.75, 3.05) is 0 Å². The van der Waals surface area contributed by atoms with Gasteiger partial charge in [0.1, 0.15) is 5.54 Å². The van der Waals surface area contributed by atoms with E-state index >= 15 is 0 Å². The van der Waals surface area contributed by atoms with Gasteiger partial charge in [-0.2, -0.15) is 10.5 Å². The van der Waals surface area contributed by atoms with Crippen molar-refractivity contribution in [1.82, 2.24) is 0 Å². The van der Waals surface area contributed by atoms with E-state index in [-0.39, 0.29) is 0 Å². The lowest BCUT2D eigenvalue weighted by atomic mass is 9.89. The van der Waals surface area contributed by atoms with Crippen molar-refractivity contribution in [2.24, 2.45) is 5.73 Å². The average molecular weight is 145 g/mol. The summed E-state index contributed by atoms with van der Waals surface area (Å²) in [6.45, 7) is 0. The quantitative estimate of drug-likeness (QED) is 0.543. The molecule has 0 aromatic heterocycles. The van der Waals surface area contributed by atoms with E-state index in [1.54, 1.807) is 18.2 Å². The maximum Gasteiger partial charge on any atom is 0.127 e. The number of hydrogen-bond donors (Lipinski definition) is 1. The predicted octanol–water partition coefficient (Wildman–Crippen LogP) is 0.617. The highest BCUT2D eigenvalue weighted by Crippen LogP contribution is 2.18. The minimum Gasteiger partial charge on any atom is -0.310 e. The summed E-state index contributed by atoms with van der Waals surface area (Å²) in [7, 11) is 0. The van der Waals surface area contributed by atoms with Crippen LogP contribution in [0.15, 0.2) is 23.8 Å². The van der Waals surface area contributed by atoms with Gasteiger partial charge < -0.3 is 5.73 Å². The van der Waals surface area contributed by atoms with Gasteiger partial charge in [-0.15, -0.1) is 0 Å². The van der Waals surface area contributed by atoms with Crippen molar-refractivity contribution < 1.29 is 0 Å². The Kier molecular flexibility index (Phi) is 1.76. The van der Waals surface area contributed by atoms with Crippen LogP contribution < -0.4 is 5.73 Å². The molecule has 0 radical (unpaired) electrons. The number of hydrogen-bond acceptors (Lipinski definition) is 3. The van der Waals surface area contributed by atoms with E-state index in [1.807, 2.05) is 12.1 Å². The molecule has 1 aliphatic carbocycles. The van der Waals surface area contributed by atoms with Crippen LogP contribution in [0.25, 0.3) is 0 Å². The highest BCUT2D eigenvalue weighted by molar-refractivity contribution is 5.38. The van der Waals surface area contributed by atoms with E-state index in [2.05, 4.69) is 0 Å². The summed E-state index contributed by atoms with van der Waals surface area (Å²) in [6, 6.07) is 3.92. The zero-order valence-corrected chi connectivity index (χ0v) is 5.91. The minimum atomic E-state index is -0.972. The van der Waals surface area contributed by atoms with Crippen LogP contribution in [0, 0.1) is 22.7 Å². The summed E-state index contributed by atoms with van der Waals surface area (Å²) >= 11 is 0. The minimum absolute atomic E-state index is 0.316. The molecule has 0 aromatic rings. The molecule has 0 amide bonds. The van der Waals surface area contributed by atoms with E-state index in [9.17, 15) is 0 Å². The number of rotatable bonds is 0. The maximum atomic E-state index is 8.60. The lowest BCUT2D eigenvalue weighted by Gasteiger charge is -2.18. The molecular formula is C8H7N3. The van der Waals surface area contributed by atoms with Crippen LogP contribution in [0.4, 0.5) is 0 Å². The molecular weight excluding hydrogens is 138 g/mol. The Bertz CT molecular complexity index is 300. The molecule has 0 saturated heterocycles. The molecule has 1 unspecified atom stereocenters. The standard InChI is InChI=1S/C8H7N3/c9-5-7-2-1-3-8(11,4-7)6-10/h1-3H,4,11H2.